The highest BCUT2D eigenvalue weighted by molar-refractivity contribution is 6.02. The summed E-state index contributed by atoms with van der Waals surface area (Å²) in [4.78, 5) is 13.4. The molecule has 0 radical (unpaired) electrons. The van der Waals surface area contributed by atoms with Crippen LogP contribution in [0.25, 0.3) is 5.52 Å². The molecule has 34 heavy (non-hydrogen) atoms. The van der Waals surface area contributed by atoms with Crippen molar-refractivity contribution in [2.45, 2.75) is 45.8 Å². The molecule has 1 amide bonds. The predicted molar refractivity (Wildman–Crippen MR) is 125 cm³/mol. The van der Waals surface area contributed by atoms with E-state index >= 15 is 0 Å². The molecule has 5 nitrogen and oxygen atoms in total. The van der Waals surface area contributed by atoms with Gasteiger partial charge in [-0.05, 0) is 68.0 Å². The fourth-order valence-corrected chi connectivity index (χ4v) is 4.69. The minimum Gasteiger partial charge on any atom is -0.473 e. The third kappa shape index (κ3) is 4.02. The number of benzene rings is 2. The fourth-order valence-electron chi connectivity index (χ4n) is 4.69. The number of halogens is 2. The Balaban J connectivity index is 1.46. The molecule has 1 aliphatic carbocycles. The van der Waals surface area contributed by atoms with Crippen LogP contribution in [0.2, 0.25) is 0 Å². The molecule has 2 aromatic heterocycles. The Morgan fingerprint density at radius 1 is 1.12 bits per heavy atom. The maximum Gasteiger partial charge on any atom is 0.255 e. The summed E-state index contributed by atoms with van der Waals surface area (Å²) >= 11 is 0. The van der Waals surface area contributed by atoms with Crippen LogP contribution in [0.15, 0.2) is 54.6 Å². The number of aryl methyl sites for hydroxylation is 3. The van der Waals surface area contributed by atoms with Gasteiger partial charge < -0.3 is 10.1 Å². The molecule has 5 rings (SSSR count). The van der Waals surface area contributed by atoms with Crippen molar-refractivity contribution < 1.29 is 18.3 Å². The van der Waals surface area contributed by atoms with Crippen molar-refractivity contribution in [2.75, 3.05) is 0 Å². The van der Waals surface area contributed by atoms with E-state index in [1.807, 2.05) is 25.1 Å². The van der Waals surface area contributed by atoms with Gasteiger partial charge in [0.15, 0.2) is 0 Å². The molecule has 174 valence electrons. The molecule has 0 fully saturated rings. The van der Waals surface area contributed by atoms with Gasteiger partial charge >= 0.3 is 0 Å². The van der Waals surface area contributed by atoms with E-state index in [4.69, 9.17) is 4.74 Å². The maximum absolute atomic E-state index is 14.1. The van der Waals surface area contributed by atoms with Gasteiger partial charge in [-0.3, -0.25) is 4.79 Å². The first kappa shape index (κ1) is 22.1. The first-order valence-corrected chi connectivity index (χ1v) is 11.4. The molecule has 0 spiro atoms. The van der Waals surface area contributed by atoms with Crippen molar-refractivity contribution in [2.24, 2.45) is 0 Å². The van der Waals surface area contributed by atoms with Crippen LogP contribution in [-0.4, -0.2) is 15.5 Å². The first-order valence-electron chi connectivity index (χ1n) is 11.4. The van der Waals surface area contributed by atoms with Crippen molar-refractivity contribution >= 4 is 11.4 Å². The van der Waals surface area contributed by atoms with Crippen LogP contribution in [0, 0.1) is 25.5 Å². The standard InChI is InChI=1S/C27H25F2N3O2/c1-16-13-24-26(27(33)30-23-12-5-8-18-7-3-4-9-19(18)23)17(2)31-32(24)25(14-16)34-15-20-21(28)10-6-11-22(20)29/h3-4,6-7,9-11,13-14,23H,5,8,12,15H2,1-2H3,(H,30,33). The number of hydrogen-bond donors (Lipinski definition) is 1. The van der Waals surface area contributed by atoms with Gasteiger partial charge in [-0.1, -0.05) is 30.3 Å². The van der Waals surface area contributed by atoms with E-state index in [1.165, 1.54) is 28.3 Å². The third-order valence-electron chi connectivity index (χ3n) is 6.35. The Kier molecular flexibility index (Phi) is 5.77. The summed E-state index contributed by atoms with van der Waals surface area (Å²) in [6.45, 7) is 3.35. The second kappa shape index (κ2) is 8.89. The van der Waals surface area contributed by atoms with Gasteiger partial charge in [0.2, 0.25) is 5.88 Å². The number of fused-ring (bicyclic) bond motifs is 2. The highest BCUT2D eigenvalue weighted by atomic mass is 19.1. The molecule has 0 saturated heterocycles. The van der Waals surface area contributed by atoms with E-state index in [2.05, 4.69) is 22.5 Å². The molecule has 1 atom stereocenters. The molecule has 7 heteroatoms. The number of nitrogens with one attached hydrogen (secondary N) is 1. The zero-order valence-corrected chi connectivity index (χ0v) is 19.1. The highest BCUT2D eigenvalue weighted by Gasteiger charge is 2.25. The number of amides is 1. The van der Waals surface area contributed by atoms with Crippen LogP contribution in [0.1, 0.15) is 57.2 Å². The van der Waals surface area contributed by atoms with Gasteiger partial charge in [0, 0.05) is 6.07 Å². The molecule has 2 aromatic carbocycles. The van der Waals surface area contributed by atoms with Gasteiger partial charge in [-0.15, -0.1) is 0 Å². The van der Waals surface area contributed by atoms with E-state index < -0.39 is 11.6 Å². The fraction of sp³-hybridized carbons (Fsp3) is 0.259. The summed E-state index contributed by atoms with van der Waals surface area (Å²) in [6, 6.07) is 15.4. The van der Waals surface area contributed by atoms with Crippen LogP contribution < -0.4 is 10.1 Å². The Morgan fingerprint density at radius 2 is 1.88 bits per heavy atom. The van der Waals surface area contributed by atoms with Crippen LogP contribution in [0.5, 0.6) is 5.88 Å². The molecule has 0 aliphatic heterocycles. The minimum atomic E-state index is -0.673. The second-order valence-corrected chi connectivity index (χ2v) is 8.73. The number of carbonyl (C=O) groups is 1. The van der Waals surface area contributed by atoms with Crippen molar-refractivity contribution in [3.05, 3.63) is 99.7 Å². The quantitative estimate of drug-likeness (QED) is 0.420. The minimum absolute atomic E-state index is 0.0589. The van der Waals surface area contributed by atoms with Gasteiger partial charge in [-0.25, -0.2) is 8.78 Å². The summed E-state index contributed by atoms with van der Waals surface area (Å²) in [5.74, 6) is -1.24. The SMILES string of the molecule is Cc1cc(OCc2c(F)cccc2F)n2nc(C)c(C(=O)NC3CCCc4ccccc43)c2c1. The maximum atomic E-state index is 14.1. The molecule has 1 aliphatic rings. The number of carbonyl (C=O) groups excluding carboxylic acids is 1. The Labute approximate surface area is 196 Å². The van der Waals surface area contributed by atoms with Gasteiger partial charge in [0.25, 0.3) is 5.91 Å². The van der Waals surface area contributed by atoms with Crippen molar-refractivity contribution in [3.63, 3.8) is 0 Å². The molecular weight excluding hydrogens is 436 g/mol. The third-order valence-corrected chi connectivity index (χ3v) is 6.35. The van der Waals surface area contributed by atoms with Gasteiger partial charge in [-0.2, -0.15) is 9.61 Å². The van der Waals surface area contributed by atoms with Gasteiger partial charge in [0.05, 0.1) is 28.4 Å². The average molecular weight is 462 g/mol. The largest absolute Gasteiger partial charge is 0.473 e. The molecule has 1 unspecified atom stereocenters. The normalized spacial score (nSPS) is 15.2. The molecule has 2 heterocycles. The number of rotatable bonds is 5. The summed E-state index contributed by atoms with van der Waals surface area (Å²) < 4.78 is 35.4. The lowest BCUT2D eigenvalue weighted by Crippen LogP contribution is -2.31. The first-order chi connectivity index (χ1) is 16.4. The summed E-state index contributed by atoms with van der Waals surface area (Å²) in [7, 11) is 0. The lowest BCUT2D eigenvalue weighted by Gasteiger charge is -2.26. The topological polar surface area (TPSA) is 55.6 Å². The average Bonchev–Trinajstić information content (AvgIpc) is 3.14. The summed E-state index contributed by atoms with van der Waals surface area (Å²) in [5.41, 5.74) is 4.71. The van der Waals surface area contributed by atoms with Crippen LogP contribution >= 0.6 is 0 Å². The summed E-state index contributed by atoms with van der Waals surface area (Å²) in [5, 5.41) is 7.70. The molecular formula is C27H25F2N3O2. The lowest BCUT2D eigenvalue weighted by atomic mass is 9.87. The number of ether oxygens (including phenoxy) is 1. The Bertz CT molecular complexity index is 1380. The number of pyridine rings is 1. The molecule has 1 N–H and O–H groups in total. The number of aromatic nitrogens is 2. The van der Waals surface area contributed by atoms with Crippen LogP contribution in [0.4, 0.5) is 8.78 Å². The number of nitrogens with zero attached hydrogens (tertiary/aromatic N) is 2. The van der Waals surface area contributed by atoms with Crippen molar-refractivity contribution in [1.29, 1.82) is 0 Å². The predicted octanol–water partition coefficient (Wildman–Crippen LogP) is 5.62. The van der Waals surface area contributed by atoms with Crippen LogP contribution in [0.3, 0.4) is 0 Å². The molecule has 4 aromatic rings. The molecule has 0 bridgehead atoms. The monoisotopic (exact) mass is 461 g/mol. The second-order valence-electron chi connectivity index (χ2n) is 8.73. The smallest absolute Gasteiger partial charge is 0.255 e. The van der Waals surface area contributed by atoms with Crippen molar-refractivity contribution in [3.8, 4) is 5.88 Å². The summed E-state index contributed by atoms with van der Waals surface area (Å²) in [6.07, 6.45) is 2.91. The van der Waals surface area contributed by atoms with Crippen molar-refractivity contribution in [1.82, 2.24) is 14.9 Å². The van der Waals surface area contributed by atoms with E-state index in [0.717, 1.165) is 30.4 Å². The lowest BCUT2D eigenvalue weighted by molar-refractivity contribution is 0.0934. The number of hydrogen-bond acceptors (Lipinski definition) is 3. The zero-order valence-electron chi connectivity index (χ0n) is 19.1. The Morgan fingerprint density at radius 3 is 2.68 bits per heavy atom. The van der Waals surface area contributed by atoms with Gasteiger partial charge in [0.1, 0.15) is 18.2 Å². The Hall–Kier alpha value is -3.74. The van der Waals surface area contributed by atoms with E-state index in [9.17, 15) is 13.6 Å². The highest BCUT2D eigenvalue weighted by Crippen LogP contribution is 2.31. The van der Waals surface area contributed by atoms with Crippen LogP contribution in [-0.2, 0) is 13.0 Å². The van der Waals surface area contributed by atoms with E-state index in [-0.39, 0.29) is 24.1 Å². The van der Waals surface area contributed by atoms with E-state index in [1.54, 1.807) is 13.0 Å². The van der Waals surface area contributed by atoms with E-state index in [0.29, 0.717) is 22.7 Å². The zero-order chi connectivity index (χ0) is 23.8. The molecule has 0 saturated carbocycles.